The minimum Gasteiger partial charge on any atom is -0.438 e. The molecule has 0 saturated carbocycles. The highest BCUT2D eigenvalue weighted by Gasteiger charge is 2.18. The number of carbonyl (C=O) groups is 1. The van der Waals surface area contributed by atoms with Gasteiger partial charge in [-0.3, -0.25) is 14.0 Å². The van der Waals surface area contributed by atoms with Gasteiger partial charge in [-0.1, -0.05) is 28.1 Å². The highest BCUT2D eigenvalue weighted by molar-refractivity contribution is 9.10. The highest BCUT2D eigenvalue weighted by atomic mass is 79.9. The summed E-state index contributed by atoms with van der Waals surface area (Å²) < 4.78 is 8.18. The van der Waals surface area contributed by atoms with Crippen LogP contribution >= 0.6 is 15.9 Å². The summed E-state index contributed by atoms with van der Waals surface area (Å²) in [5, 5.41) is 12.5. The van der Waals surface area contributed by atoms with Crippen LogP contribution in [-0.2, 0) is 4.79 Å². The molecule has 35 heavy (non-hydrogen) atoms. The summed E-state index contributed by atoms with van der Waals surface area (Å²) in [7, 11) is 0. The molecule has 8 heteroatoms. The fourth-order valence-corrected chi connectivity index (χ4v) is 3.68. The van der Waals surface area contributed by atoms with Gasteiger partial charge in [0.2, 0.25) is 5.88 Å². The molecule has 4 aromatic rings. The minimum atomic E-state index is -0.640. The number of anilines is 1. The van der Waals surface area contributed by atoms with E-state index in [0.29, 0.717) is 17.1 Å². The first-order valence-corrected chi connectivity index (χ1v) is 11.5. The molecular weight excluding hydrogens is 508 g/mol. The number of fused-ring (bicyclic) bond motifs is 1. The van der Waals surface area contributed by atoms with Crippen molar-refractivity contribution in [1.82, 2.24) is 9.38 Å². The lowest BCUT2D eigenvalue weighted by atomic mass is 10.1. The van der Waals surface area contributed by atoms with Crippen LogP contribution in [0.5, 0.6) is 11.6 Å². The molecule has 0 aliphatic carbocycles. The van der Waals surface area contributed by atoms with Gasteiger partial charge in [0, 0.05) is 16.4 Å². The van der Waals surface area contributed by atoms with Crippen molar-refractivity contribution in [3.05, 3.63) is 103 Å². The molecule has 7 nitrogen and oxygen atoms in total. The lowest BCUT2D eigenvalue weighted by Crippen LogP contribution is -2.20. The number of halogens is 1. The van der Waals surface area contributed by atoms with Crippen LogP contribution in [0.15, 0.2) is 75.6 Å². The molecule has 2 aromatic heterocycles. The Labute approximate surface area is 210 Å². The van der Waals surface area contributed by atoms with Crippen molar-refractivity contribution >= 4 is 39.2 Å². The normalized spacial score (nSPS) is 11.2. The average Bonchev–Trinajstić information content (AvgIpc) is 2.83. The number of aryl methyl sites for hydroxylation is 3. The van der Waals surface area contributed by atoms with Gasteiger partial charge in [-0.05, 0) is 86.0 Å². The quantitative estimate of drug-likeness (QED) is 0.264. The third kappa shape index (κ3) is 5.15. The molecule has 174 valence electrons. The van der Waals surface area contributed by atoms with Crippen molar-refractivity contribution in [3.63, 3.8) is 0 Å². The summed E-state index contributed by atoms with van der Waals surface area (Å²) in [5.74, 6) is -0.191. The van der Waals surface area contributed by atoms with Crippen LogP contribution in [0.3, 0.4) is 0 Å². The van der Waals surface area contributed by atoms with Gasteiger partial charge in [0.25, 0.3) is 11.5 Å². The van der Waals surface area contributed by atoms with Crippen LogP contribution in [0.4, 0.5) is 5.69 Å². The van der Waals surface area contributed by atoms with Gasteiger partial charge in [0.15, 0.2) is 0 Å². The van der Waals surface area contributed by atoms with Crippen molar-refractivity contribution in [1.29, 1.82) is 5.26 Å². The molecular formula is C27H21BrN4O3. The Balaban J connectivity index is 1.81. The molecule has 1 amide bonds. The summed E-state index contributed by atoms with van der Waals surface area (Å²) in [6.07, 6.45) is 2.80. The van der Waals surface area contributed by atoms with E-state index in [-0.39, 0.29) is 17.0 Å². The number of ether oxygens (including phenoxy) is 1. The lowest BCUT2D eigenvalue weighted by molar-refractivity contribution is -0.112. The molecule has 2 heterocycles. The van der Waals surface area contributed by atoms with Crippen LogP contribution in [0.1, 0.15) is 22.3 Å². The average molecular weight is 529 g/mol. The van der Waals surface area contributed by atoms with Crippen molar-refractivity contribution < 1.29 is 9.53 Å². The first kappa shape index (κ1) is 23.9. The van der Waals surface area contributed by atoms with E-state index in [1.807, 2.05) is 45.0 Å². The molecule has 0 bridgehead atoms. The molecule has 4 rings (SSSR count). The Kier molecular flexibility index (Phi) is 6.80. The zero-order valence-corrected chi connectivity index (χ0v) is 20.9. The van der Waals surface area contributed by atoms with Gasteiger partial charge < -0.3 is 10.1 Å². The fourth-order valence-electron chi connectivity index (χ4n) is 3.42. The van der Waals surface area contributed by atoms with E-state index in [9.17, 15) is 14.9 Å². The zero-order chi connectivity index (χ0) is 25.1. The third-order valence-electron chi connectivity index (χ3n) is 5.50. The molecule has 2 aromatic carbocycles. The second-order valence-electron chi connectivity index (χ2n) is 8.00. The molecule has 0 saturated heterocycles. The number of amides is 1. The number of nitriles is 1. The van der Waals surface area contributed by atoms with E-state index in [1.54, 1.807) is 42.6 Å². The number of pyridine rings is 1. The van der Waals surface area contributed by atoms with E-state index < -0.39 is 11.5 Å². The maximum Gasteiger partial charge on any atom is 0.269 e. The van der Waals surface area contributed by atoms with E-state index in [0.717, 1.165) is 21.2 Å². The number of hydrogen-bond donors (Lipinski definition) is 1. The standard InChI is InChI=1S/C27H21BrN4O3/c1-16-6-9-21(13-18(16)3)30-25(33)19(15-29)14-23-26(35-22-10-7-20(28)8-11-22)31-24-17(2)5-4-12-32(24)27(23)34/h4-14H,1-3H3,(H,30,33)/b19-14-. The topological polar surface area (TPSA) is 96.5 Å². The Bertz CT molecular complexity index is 1580. The smallest absolute Gasteiger partial charge is 0.269 e. The van der Waals surface area contributed by atoms with Gasteiger partial charge in [0.1, 0.15) is 28.6 Å². The third-order valence-corrected chi connectivity index (χ3v) is 6.02. The fraction of sp³-hybridized carbons (Fsp3) is 0.111. The number of benzene rings is 2. The summed E-state index contributed by atoms with van der Waals surface area (Å²) in [5.41, 5.74) is 3.10. The number of aromatic nitrogens is 2. The number of carbonyl (C=O) groups excluding carboxylic acids is 1. The molecule has 0 fully saturated rings. The first-order valence-electron chi connectivity index (χ1n) is 10.7. The maximum atomic E-state index is 13.4. The monoisotopic (exact) mass is 528 g/mol. The number of nitrogens with zero attached hydrogens (tertiary/aromatic N) is 3. The lowest BCUT2D eigenvalue weighted by Gasteiger charge is -2.12. The van der Waals surface area contributed by atoms with Gasteiger partial charge >= 0.3 is 0 Å². The van der Waals surface area contributed by atoms with Crippen molar-refractivity contribution in [2.75, 3.05) is 5.32 Å². The van der Waals surface area contributed by atoms with Gasteiger partial charge in [-0.2, -0.15) is 10.2 Å². The Hall–Kier alpha value is -4.22. The van der Waals surface area contributed by atoms with E-state index in [1.165, 1.54) is 10.5 Å². The molecule has 0 atom stereocenters. The number of hydrogen-bond acceptors (Lipinski definition) is 5. The van der Waals surface area contributed by atoms with E-state index >= 15 is 0 Å². The maximum absolute atomic E-state index is 13.4. The summed E-state index contributed by atoms with van der Waals surface area (Å²) in [6.45, 7) is 5.73. The number of nitrogens with one attached hydrogen (secondary N) is 1. The largest absolute Gasteiger partial charge is 0.438 e. The highest BCUT2D eigenvalue weighted by Crippen LogP contribution is 2.26. The predicted octanol–water partition coefficient (Wildman–Crippen LogP) is 5.72. The van der Waals surface area contributed by atoms with Crippen molar-refractivity contribution in [3.8, 4) is 17.7 Å². The minimum absolute atomic E-state index is 0.00153. The Morgan fingerprint density at radius 1 is 1.09 bits per heavy atom. The molecule has 0 aliphatic heterocycles. The Morgan fingerprint density at radius 3 is 2.51 bits per heavy atom. The van der Waals surface area contributed by atoms with Gasteiger partial charge in [-0.15, -0.1) is 0 Å². The molecule has 0 aliphatic rings. The SMILES string of the molecule is Cc1ccc(NC(=O)/C(C#N)=C\c2c(Oc3ccc(Br)cc3)nc3c(C)cccn3c2=O)cc1C. The molecule has 0 unspecified atom stereocenters. The molecule has 0 spiro atoms. The predicted molar refractivity (Wildman–Crippen MR) is 139 cm³/mol. The van der Waals surface area contributed by atoms with Gasteiger partial charge in [-0.25, -0.2) is 0 Å². The summed E-state index contributed by atoms with van der Waals surface area (Å²) in [4.78, 5) is 30.9. The van der Waals surface area contributed by atoms with Crippen LogP contribution in [-0.4, -0.2) is 15.3 Å². The molecule has 0 radical (unpaired) electrons. The number of rotatable bonds is 5. The van der Waals surface area contributed by atoms with Crippen molar-refractivity contribution in [2.24, 2.45) is 0 Å². The second kappa shape index (κ2) is 9.95. The van der Waals surface area contributed by atoms with Crippen LogP contribution in [0, 0.1) is 32.1 Å². The van der Waals surface area contributed by atoms with Crippen LogP contribution < -0.4 is 15.6 Å². The van der Waals surface area contributed by atoms with Crippen molar-refractivity contribution in [2.45, 2.75) is 20.8 Å². The summed E-state index contributed by atoms with van der Waals surface area (Å²) in [6, 6.07) is 17.9. The Morgan fingerprint density at radius 2 is 1.83 bits per heavy atom. The summed E-state index contributed by atoms with van der Waals surface area (Å²) >= 11 is 3.38. The van der Waals surface area contributed by atoms with Gasteiger partial charge in [0.05, 0.1) is 0 Å². The van der Waals surface area contributed by atoms with E-state index in [2.05, 4.69) is 26.2 Å². The second-order valence-corrected chi connectivity index (χ2v) is 8.92. The van der Waals surface area contributed by atoms with E-state index in [4.69, 9.17) is 4.74 Å². The van der Waals surface area contributed by atoms with Crippen LogP contribution in [0.25, 0.3) is 11.7 Å². The molecule has 1 N–H and O–H groups in total. The first-order chi connectivity index (χ1) is 16.8. The zero-order valence-electron chi connectivity index (χ0n) is 19.3. The van der Waals surface area contributed by atoms with Crippen LogP contribution in [0.2, 0.25) is 0 Å².